The van der Waals surface area contributed by atoms with Crippen LogP contribution in [0.4, 0.5) is 10.5 Å². The number of carbonyl (C=O) groups excluding carboxylic acids is 1. The lowest BCUT2D eigenvalue weighted by Crippen LogP contribution is -2.47. The zero-order valence-electron chi connectivity index (χ0n) is 26.1. The Kier molecular flexibility index (Phi) is 10.2. The summed E-state index contributed by atoms with van der Waals surface area (Å²) in [5.74, 6) is 0.770. The first-order valence-electron chi connectivity index (χ1n) is 15.5. The Bertz CT molecular complexity index is 1320. The van der Waals surface area contributed by atoms with Crippen molar-refractivity contribution in [3.8, 4) is 11.3 Å². The minimum absolute atomic E-state index is 0.383. The minimum Gasteiger partial charge on any atom is -0.444 e. The molecule has 3 atom stereocenters. The number of allylic oxidation sites excluding steroid dienone is 1. The van der Waals surface area contributed by atoms with Crippen LogP contribution >= 0.6 is 0 Å². The van der Waals surface area contributed by atoms with Gasteiger partial charge in [-0.3, -0.25) is 10.2 Å². The highest BCUT2D eigenvalue weighted by Crippen LogP contribution is 2.32. The molecule has 1 aliphatic heterocycles. The molecule has 4 rings (SSSR count). The fourth-order valence-corrected chi connectivity index (χ4v) is 6.28. The average Bonchev–Trinajstić information content (AvgIpc) is 3.53. The molecule has 222 valence electrons. The number of likely N-dealkylation sites (tertiary alicyclic amines) is 1. The molecule has 3 aromatic rings. The number of aromatic amines is 1. The molecular weight excluding hydrogens is 508 g/mol. The van der Waals surface area contributed by atoms with Crippen LogP contribution in [-0.2, 0) is 4.74 Å². The summed E-state index contributed by atoms with van der Waals surface area (Å²) in [5.41, 5.74) is 5.76. The Morgan fingerprint density at radius 1 is 1.12 bits per heavy atom. The van der Waals surface area contributed by atoms with Gasteiger partial charge in [-0.05, 0) is 108 Å². The monoisotopic (exact) mass is 558 g/mol. The van der Waals surface area contributed by atoms with Crippen LogP contribution in [0.25, 0.3) is 27.9 Å². The van der Waals surface area contributed by atoms with E-state index < -0.39 is 11.7 Å². The van der Waals surface area contributed by atoms with Crippen molar-refractivity contribution in [1.29, 1.82) is 0 Å². The van der Waals surface area contributed by atoms with Crippen LogP contribution in [0.15, 0.2) is 54.6 Å². The fraction of sp³-hybridized carbons (Fsp3) is 0.514. The highest BCUT2D eigenvalue weighted by Gasteiger charge is 2.36. The predicted octanol–water partition coefficient (Wildman–Crippen LogP) is 8.81. The molecular formula is C35H50N4O2. The molecule has 0 radical (unpaired) electrons. The lowest BCUT2D eigenvalue weighted by molar-refractivity contribution is 0.0636. The maximum absolute atomic E-state index is 12.2. The minimum atomic E-state index is -0.537. The number of rotatable bonds is 11. The van der Waals surface area contributed by atoms with Crippen LogP contribution in [0.3, 0.4) is 0 Å². The maximum Gasteiger partial charge on any atom is 0.412 e. The first kappa shape index (κ1) is 30.7. The van der Waals surface area contributed by atoms with Gasteiger partial charge in [0.25, 0.3) is 0 Å². The molecule has 3 unspecified atom stereocenters. The Morgan fingerprint density at radius 2 is 1.88 bits per heavy atom. The zero-order valence-corrected chi connectivity index (χ0v) is 26.1. The zero-order chi connectivity index (χ0) is 29.6. The van der Waals surface area contributed by atoms with Gasteiger partial charge in [0.05, 0.1) is 0 Å². The summed E-state index contributed by atoms with van der Waals surface area (Å²) in [4.78, 5) is 18.4. The summed E-state index contributed by atoms with van der Waals surface area (Å²) < 4.78 is 5.39. The maximum atomic E-state index is 12.2. The van der Waals surface area contributed by atoms with Gasteiger partial charge in [-0.1, -0.05) is 57.0 Å². The van der Waals surface area contributed by atoms with E-state index in [1.54, 1.807) is 0 Å². The predicted molar refractivity (Wildman–Crippen MR) is 173 cm³/mol. The fourth-order valence-electron chi connectivity index (χ4n) is 6.28. The van der Waals surface area contributed by atoms with Crippen LogP contribution in [0.5, 0.6) is 0 Å². The SMILES string of the molecule is C/C=C(\NC(C)C1C(CCCC)CCN1CCC)c1ccc(-c2cc3cc(NC(=O)OC(C)(C)C)ccc3[nH]2)cc1. The summed E-state index contributed by atoms with van der Waals surface area (Å²) in [6.45, 7) is 17.1. The van der Waals surface area contributed by atoms with E-state index in [2.05, 4.69) is 84.6 Å². The van der Waals surface area contributed by atoms with E-state index in [9.17, 15) is 4.79 Å². The summed E-state index contributed by atoms with van der Waals surface area (Å²) >= 11 is 0. The van der Waals surface area contributed by atoms with Crippen molar-refractivity contribution in [2.75, 3.05) is 18.4 Å². The van der Waals surface area contributed by atoms with Crippen molar-refractivity contribution in [3.05, 3.63) is 60.2 Å². The van der Waals surface area contributed by atoms with E-state index >= 15 is 0 Å². The molecule has 1 fully saturated rings. The van der Waals surface area contributed by atoms with Gasteiger partial charge in [-0.15, -0.1) is 0 Å². The number of ether oxygens (including phenoxy) is 1. The summed E-state index contributed by atoms with van der Waals surface area (Å²) in [6, 6.07) is 17.7. The number of carbonyl (C=O) groups is 1. The molecule has 41 heavy (non-hydrogen) atoms. The van der Waals surface area contributed by atoms with E-state index in [1.807, 2.05) is 39.0 Å². The number of nitrogens with zero attached hydrogens (tertiary/aromatic N) is 1. The third-order valence-electron chi connectivity index (χ3n) is 8.09. The summed E-state index contributed by atoms with van der Waals surface area (Å²) in [6.07, 6.45) is 8.20. The quantitative estimate of drug-likeness (QED) is 0.220. The molecule has 1 amide bonds. The van der Waals surface area contributed by atoms with Crippen LogP contribution in [0, 0.1) is 5.92 Å². The molecule has 0 aliphatic carbocycles. The van der Waals surface area contributed by atoms with Crippen molar-refractivity contribution in [2.45, 2.75) is 98.3 Å². The molecule has 6 heteroatoms. The molecule has 0 saturated carbocycles. The van der Waals surface area contributed by atoms with Gasteiger partial charge in [0.1, 0.15) is 5.60 Å². The lowest BCUT2D eigenvalue weighted by Gasteiger charge is -2.35. The van der Waals surface area contributed by atoms with Gasteiger partial charge in [0.15, 0.2) is 0 Å². The molecule has 1 aromatic heterocycles. The number of hydrogen-bond donors (Lipinski definition) is 3. The largest absolute Gasteiger partial charge is 0.444 e. The standard InChI is InChI=1S/C35H50N4O2/c1-8-11-12-27-19-21-39(20-9-2)33(27)24(4)36-30(10-3)25-13-15-26(16-14-25)32-23-28-22-29(17-18-31(28)38-32)37-34(40)41-35(5,6)7/h10,13-18,22-24,27,33,36,38H,8-9,11-12,19-21H2,1-7H3,(H,37,40)/b30-10-. The van der Waals surface area contributed by atoms with Gasteiger partial charge in [0.2, 0.25) is 0 Å². The van der Waals surface area contributed by atoms with Gasteiger partial charge in [-0.2, -0.15) is 0 Å². The smallest absolute Gasteiger partial charge is 0.412 e. The third kappa shape index (κ3) is 7.94. The topological polar surface area (TPSA) is 69.4 Å². The van der Waals surface area contributed by atoms with E-state index in [0.29, 0.717) is 17.8 Å². The number of nitrogens with one attached hydrogen (secondary N) is 3. The second-order valence-electron chi connectivity index (χ2n) is 12.5. The number of amides is 1. The number of aromatic nitrogens is 1. The van der Waals surface area contributed by atoms with Crippen molar-refractivity contribution >= 4 is 28.4 Å². The van der Waals surface area contributed by atoms with E-state index in [-0.39, 0.29) is 0 Å². The van der Waals surface area contributed by atoms with E-state index in [4.69, 9.17) is 4.74 Å². The lowest BCUT2D eigenvalue weighted by atomic mass is 9.89. The van der Waals surface area contributed by atoms with Crippen molar-refractivity contribution < 1.29 is 9.53 Å². The first-order chi connectivity index (χ1) is 19.6. The second kappa shape index (κ2) is 13.6. The number of H-pyrrole nitrogens is 1. The molecule has 2 heterocycles. The number of hydrogen-bond acceptors (Lipinski definition) is 4. The Morgan fingerprint density at radius 3 is 2.54 bits per heavy atom. The molecule has 0 spiro atoms. The molecule has 1 aliphatic rings. The number of unbranched alkanes of at least 4 members (excludes halogenated alkanes) is 1. The Balaban J connectivity index is 1.45. The van der Waals surface area contributed by atoms with Crippen LogP contribution in [0.2, 0.25) is 0 Å². The molecule has 3 N–H and O–H groups in total. The highest BCUT2D eigenvalue weighted by atomic mass is 16.6. The van der Waals surface area contributed by atoms with Gasteiger partial charge in [0, 0.05) is 40.1 Å². The molecule has 0 bridgehead atoms. The van der Waals surface area contributed by atoms with Gasteiger partial charge >= 0.3 is 6.09 Å². The Hall–Kier alpha value is -3.25. The van der Waals surface area contributed by atoms with E-state index in [0.717, 1.165) is 28.1 Å². The third-order valence-corrected chi connectivity index (χ3v) is 8.09. The van der Waals surface area contributed by atoms with Gasteiger partial charge in [-0.25, -0.2) is 4.79 Å². The number of fused-ring (bicyclic) bond motifs is 1. The molecule has 6 nitrogen and oxygen atoms in total. The van der Waals surface area contributed by atoms with Crippen molar-refractivity contribution in [2.24, 2.45) is 5.92 Å². The number of anilines is 1. The van der Waals surface area contributed by atoms with Crippen LogP contribution < -0.4 is 10.6 Å². The first-order valence-corrected chi connectivity index (χ1v) is 15.5. The van der Waals surface area contributed by atoms with E-state index in [1.165, 1.54) is 56.5 Å². The van der Waals surface area contributed by atoms with Crippen molar-refractivity contribution in [3.63, 3.8) is 0 Å². The molecule has 2 aromatic carbocycles. The summed E-state index contributed by atoms with van der Waals surface area (Å²) in [7, 11) is 0. The second-order valence-corrected chi connectivity index (χ2v) is 12.5. The normalized spacial score (nSPS) is 19.0. The summed E-state index contributed by atoms with van der Waals surface area (Å²) in [5, 5.41) is 7.77. The highest BCUT2D eigenvalue weighted by molar-refractivity contribution is 5.92. The molecule has 1 saturated heterocycles. The van der Waals surface area contributed by atoms with Gasteiger partial charge < -0.3 is 15.0 Å². The van der Waals surface area contributed by atoms with Crippen LogP contribution in [0.1, 0.15) is 86.1 Å². The van der Waals surface area contributed by atoms with Crippen molar-refractivity contribution in [1.82, 2.24) is 15.2 Å². The van der Waals surface area contributed by atoms with Crippen LogP contribution in [-0.4, -0.2) is 46.8 Å². The number of benzene rings is 2. The Labute approximate surface area is 246 Å². The average molecular weight is 559 g/mol.